The molecule has 2 aromatic carbocycles. The van der Waals surface area contributed by atoms with Crippen LogP contribution in [0.2, 0.25) is 19.6 Å². The molecule has 1 fully saturated rings. The van der Waals surface area contributed by atoms with E-state index < -0.39 is 0 Å². The van der Waals surface area contributed by atoms with Crippen molar-refractivity contribution in [1.82, 2.24) is 0 Å². The summed E-state index contributed by atoms with van der Waals surface area (Å²) >= 11 is 0. The minimum Gasteiger partial charge on any atom is 0 e. The van der Waals surface area contributed by atoms with E-state index in [9.17, 15) is 0 Å². The van der Waals surface area contributed by atoms with Gasteiger partial charge in [0.25, 0.3) is 0 Å². The number of aryl methyl sites for hydroxylation is 6. The normalized spacial score (nSPS) is 20.3. The molecule has 0 spiro atoms. The van der Waals surface area contributed by atoms with E-state index in [0.29, 0.717) is 9.52 Å². The van der Waals surface area contributed by atoms with Crippen molar-refractivity contribution in [3.8, 4) is 0 Å². The van der Waals surface area contributed by atoms with Crippen molar-refractivity contribution in [1.29, 1.82) is 0 Å². The Morgan fingerprint density at radius 1 is 0.646 bits per heavy atom. The van der Waals surface area contributed by atoms with E-state index in [0.717, 1.165) is 36.0 Å². The molecule has 0 atom stereocenters. The Morgan fingerprint density at radius 2 is 0.917 bits per heavy atom. The van der Waals surface area contributed by atoms with Crippen LogP contribution in [0.4, 0.5) is 0 Å². The maximum absolute atomic E-state index is 7.50. The van der Waals surface area contributed by atoms with Gasteiger partial charge in [-0.15, -0.1) is 0 Å². The van der Waals surface area contributed by atoms with Crippen molar-refractivity contribution in [2.45, 2.75) is 142 Å². The van der Waals surface area contributed by atoms with Crippen molar-refractivity contribution in [3.05, 3.63) is 76.5 Å². The maximum atomic E-state index is 7.50. The van der Waals surface area contributed by atoms with Gasteiger partial charge in [-0.3, -0.25) is 4.99 Å². The number of hydrogen-bond donors (Lipinski definition) is 0. The fourth-order valence-corrected chi connectivity index (χ4v) is 8.88. The van der Waals surface area contributed by atoms with Crippen LogP contribution in [0.3, 0.4) is 0 Å². The molecule has 3 radical (unpaired) electrons. The summed E-state index contributed by atoms with van der Waals surface area (Å²) in [5.74, 6) is 4.68. The summed E-state index contributed by atoms with van der Waals surface area (Å²) < 4.78 is 15.0. The summed E-state index contributed by atoms with van der Waals surface area (Å²) in [6, 6.07) is 9.21. The fraction of sp³-hybridized carbons (Fsp3) is 0.643. The molecule has 0 unspecified atom stereocenters. The second kappa shape index (κ2) is 23.2. The van der Waals surface area contributed by atoms with Gasteiger partial charge in [0.05, 0.1) is 5.54 Å². The zero-order valence-electron chi connectivity index (χ0n) is 34.1. The average Bonchev–Trinajstić information content (AvgIpc) is 3.08. The number of benzene rings is 2. The summed E-state index contributed by atoms with van der Waals surface area (Å²) in [5, 5.41) is 2.70. The van der Waals surface area contributed by atoms with Crippen LogP contribution >= 0.6 is 0 Å². The minimum absolute atomic E-state index is 0. The average molecular weight is 771 g/mol. The Labute approximate surface area is 316 Å². The molecule has 0 heterocycles. The Balaban J connectivity index is -0.000000879. The molecular weight excluding hydrogens is 703 g/mol. The SMILES string of the molecule is CC1C(C)C(C)C(C)C1C.C[Si](C)C.Cc1cc(C)c([Si]C(=NC(C)(C)CC(C)(C)C)c2c(C)cc(C)cc2C)c(C)c1.[C-]#[O+].[C-]#[O+].[Mo]. The van der Waals surface area contributed by atoms with E-state index in [2.05, 4.69) is 168 Å². The van der Waals surface area contributed by atoms with Crippen LogP contribution in [0.1, 0.15) is 115 Å². The Morgan fingerprint density at radius 3 is 1.19 bits per heavy atom. The van der Waals surface area contributed by atoms with Crippen molar-refractivity contribution in [2.75, 3.05) is 0 Å². The number of aliphatic imine (C=N–C) groups is 1. The van der Waals surface area contributed by atoms with Gasteiger partial charge in [-0.1, -0.05) is 127 Å². The minimum atomic E-state index is -0.100. The molecule has 267 valence electrons. The molecule has 1 aliphatic carbocycles. The summed E-state index contributed by atoms with van der Waals surface area (Å²) in [6.07, 6.45) is 1.06. The molecule has 0 N–H and O–H groups in total. The third-order valence-electron chi connectivity index (χ3n) is 9.36. The summed E-state index contributed by atoms with van der Waals surface area (Å²) in [7, 11) is 0.687. The topological polar surface area (TPSA) is 52.2 Å². The molecule has 3 rings (SSSR count). The molecule has 3 nitrogen and oxygen atoms in total. The van der Waals surface area contributed by atoms with E-state index in [-0.39, 0.29) is 40.8 Å². The van der Waals surface area contributed by atoms with Gasteiger partial charge in [-0.05, 0) is 114 Å². The van der Waals surface area contributed by atoms with E-state index in [4.69, 9.17) is 14.3 Å². The van der Waals surface area contributed by atoms with Gasteiger partial charge in [0.2, 0.25) is 0 Å². The molecule has 0 saturated heterocycles. The predicted octanol–water partition coefficient (Wildman–Crippen LogP) is 11.0. The molecule has 0 aliphatic heterocycles. The third-order valence-corrected chi connectivity index (χ3v) is 11.0. The van der Waals surface area contributed by atoms with Crippen LogP contribution in [0.25, 0.3) is 0 Å². The second-order valence-corrected chi connectivity index (χ2v) is 20.7. The zero-order chi connectivity index (χ0) is 37.6. The summed E-state index contributed by atoms with van der Waals surface area (Å²) in [4.78, 5) is 5.44. The molecular formula is C42H68MoNO2Si2. The molecule has 2 aromatic rings. The van der Waals surface area contributed by atoms with Gasteiger partial charge in [-0.2, -0.15) is 0 Å². The van der Waals surface area contributed by atoms with Crippen molar-refractivity contribution in [2.24, 2.45) is 40.0 Å². The van der Waals surface area contributed by atoms with E-state index >= 15 is 0 Å². The van der Waals surface area contributed by atoms with Crippen LogP contribution in [-0.4, -0.2) is 29.2 Å². The van der Waals surface area contributed by atoms with E-state index in [1.165, 1.54) is 49.5 Å². The summed E-state index contributed by atoms with van der Waals surface area (Å²) in [5.41, 5.74) is 9.58. The first-order chi connectivity index (χ1) is 21.5. The summed E-state index contributed by atoms with van der Waals surface area (Å²) in [6.45, 7) is 52.6. The molecule has 1 saturated carbocycles. The van der Waals surface area contributed by atoms with Crippen molar-refractivity contribution < 1.29 is 30.4 Å². The standard InChI is InChI=1S/C27H39NSi.C10H20.C3H9Si.2CO.Mo/c1-17-12-19(3)23(20(4)13-17)25(28-27(10,11)16-26(7,8)9)29-24-21(5)14-18(2)15-22(24)6;1-6-7(2)9(4)10(5)8(6)3;1-4(2)3;2*1-2;/h12-15H,16H2,1-11H3;6-10H,1-5H3;1-3H3;;;. The van der Waals surface area contributed by atoms with Crippen LogP contribution in [0.5, 0.6) is 0 Å². The number of nitrogens with zero attached hydrogens (tertiary/aromatic N) is 1. The Bertz CT molecular complexity index is 1220. The van der Waals surface area contributed by atoms with Crippen LogP contribution in [-0.2, 0) is 30.4 Å². The van der Waals surface area contributed by atoms with Gasteiger partial charge in [0.1, 0.15) is 9.52 Å². The van der Waals surface area contributed by atoms with Gasteiger partial charge in [-0.25, -0.2) is 0 Å². The molecule has 6 heteroatoms. The smallest absolute Gasteiger partial charge is 0 e. The fourth-order valence-electron chi connectivity index (χ4n) is 7.23. The monoisotopic (exact) mass is 772 g/mol. The number of hydrogen-bond acceptors (Lipinski definition) is 1. The van der Waals surface area contributed by atoms with E-state index in [1.54, 1.807) is 0 Å². The van der Waals surface area contributed by atoms with Crippen LogP contribution in [0, 0.1) is 89.8 Å². The first-order valence-electron chi connectivity index (χ1n) is 17.2. The third kappa shape index (κ3) is 17.6. The second-order valence-electron chi connectivity index (χ2n) is 16.5. The van der Waals surface area contributed by atoms with Gasteiger partial charge < -0.3 is 0 Å². The molecule has 0 aromatic heterocycles. The van der Waals surface area contributed by atoms with Gasteiger partial charge >= 0.3 is 22.6 Å². The van der Waals surface area contributed by atoms with Crippen LogP contribution in [0.15, 0.2) is 29.3 Å². The Kier molecular flexibility index (Phi) is 24.7. The van der Waals surface area contributed by atoms with E-state index in [1.807, 2.05) is 0 Å². The predicted molar refractivity (Wildman–Crippen MR) is 208 cm³/mol. The van der Waals surface area contributed by atoms with Gasteiger partial charge in [0, 0.05) is 35.2 Å². The van der Waals surface area contributed by atoms with Crippen molar-refractivity contribution in [3.63, 3.8) is 0 Å². The molecule has 0 amide bonds. The van der Waals surface area contributed by atoms with Gasteiger partial charge in [0.15, 0.2) is 0 Å². The zero-order valence-corrected chi connectivity index (χ0v) is 38.1. The molecule has 0 bridgehead atoms. The van der Waals surface area contributed by atoms with Crippen LogP contribution < -0.4 is 5.19 Å². The Hall–Kier alpha value is -1.29. The van der Waals surface area contributed by atoms with Crippen molar-refractivity contribution >= 4 is 28.8 Å². The first-order valence-corrected chi connectivity index (χ1v) is 21.2. The molecule has 1 aliphatic rings. The first kappa shape index (κ1) is 51.1. The maximum Gasteiger partial charge on any atom is 0 e. The quantitative estimate of drug-likeness (QED) is 0.126. The number of rotatable bonds is 5. The molecule has 48 heavy (non-hydrogen) atoms. The largest absolute Gasteiger partial charge is 0 e.